The highest BCUT2D eigenvalue weighted by molar-refractivity contribution is 5.94. The SMILES string of the molecule is CCN(C[C@H]1CCCCO1)C(=O)c1ccc(-c2ccc(C#N)nc2)cc1. The molecular weight excluding hydrogens is 326 g/mol. The van der Waals surface area contributed by atoms with Crippen LogP contribution in [-0.2, 0) is 4.74 Å². The summed E-state index contributed by atoms with van der Waals surface area (Å²) in [6.45, 7) is 4.11. The van der Waals surface area contributed by atoms with Crippen LogP contribution in [0.4, 0.5) is 0 Å². The van der Waals surface area contributed by atoms with Crippen molar-refractivity contribution in [2.24, 2.45) is 0 Å². The molecule has 0 aliphatic carbocycles. The molecule has 0 N–H and O–H groups in total. The fourth-order valence-electron chi connectivity index (χ4n) is 3.17. The van der Waals surface area contributed by atoms with Crippen molar-refractivity contribution in [1.29, 1.82) is 5.26 Å². The van der Waals surface area contributed by atoms with Crippen molar-refractivity contribution in [1.82, 2.24) is 9.88 Å². The predicted octanol–water partition coefficient (Wildman–Crippen LogP) is 3.65. The summed E-state index contributed by atoms with van der Waals surface area (Å²) in [5.74, 6) is 0.0335. The van der Waals surface area contributed by atoms with E-state index in [0.717, 1.165) is 30.6 Å². The van der Waals surface area contributed by atoms with Crippen LogP contribution in [-0.4, -0.2) is 41.6 Å². The molecule has 0 radical (unpaired) electrons. The van der Waals surface area contributed by atoms with Gasteiger partial charge in [-0.25, -0.2) is 4.98 Å². The third-order valence-electron chi connectivity index (χ3n) is 4.71. The monoisotopic (exact) mass is 349 g/mol. The molecule has 1 aromatic carbocycles. The number of nitrogens with zero attached hydrogens (tertiary/aromatic N) is 3. The van der Waals surface area contributed by atoms with Gasteiger partial charge in [0.15, 0.2) is 0 Å². The van der Waals surface area contributed by atoms with E-state index in [1.807, 2.05) is 48.2 Å². The van der Waals surface area contributed by atoms with Gasteiger partial charge in [0.2, 0.25) is 0 Å². The van der Waals surface area contributed by atoms with Crippen LogP contribution in [0.5, 0.6) is 0 Å². The van der Waals surface area contributed by atoms with E-state index in [0.29, 0.717) is 24.3 Å². The summed E-state index contributed by atoms with van der Waals surface area (Å²) in [5.41, 5.74) is 2.96. The van der Waals surface area contributed by atoms with Crippen LogP contribution in [0.1, 0.15) is 42.2 Å². The number of nitriles is 1. The third-order valence-corrected chi connectivity index (χ3v) is 4.71. The Balaban J connectivity index is 1.69. The summed E-state index contributed by atoms with van der Waals surface area (Å²) in [7, 11) is 0. The summed E-state index contributed by atoms with van der Waals surface area (Å²) in [6, 6.07) is 13.1. The molecule has 1 saturated heterocycles. The highest BCUT2D eigenvalue weighted by Gasteiger charge is 2.21. The summed E-state index contributed by atoms with van der Waals surface area (Å²) in [5, 5.41) is 8.83. The molecule has 26 heavy (non-hydrogen) atoms. The Kier molecular flexibility index (Phi) is 5.98. The van der Waals surface area contributed by atoms with E-state index in [-0.39, 0.29) is 12.0 Å². The second-order valence-electron chi connectivity index (χ2n) is 6.45. The topological polar surface area (TPSA) is 66.2 Å². The van der Waals surface area contributed by atoms with Gasteiger partial charge >= 0.3 is 0 Å². The maximum absolute atomic E-state index is 12.8. The molecule has 5 heteroatoms. The number of hydrogen-bond acceptors (Lipinski definition) is 4. The normalized spacial score (nSPS) is 16.7. The molecule has 2 heterocycles. The number of ether oxygens (including phenoxy) is 1. The molecule has 1 atom stereocenters. The lowest BCUT2D eigenvalue weighted by Gasteiger charge is -2.29. The van der Waals surface area contributed by atoms with Crippen LogP contribution in [0.2, 0.25) is 0 Å². The molecule has 134 valence electrons. The Hall–Kier alpha value is -2.71. The minimum absolute atomic E-state index is 0.0335. The van der Waals surface area contributed by atoms with Crippen LogP contribution in [0.25, 0.3) is 11.1 Å². The Morgan fingerprint density at radius 1 is 1.23 bits per heavy atom. The van der Waals surface area contributed by atoms with E-state index in [9.17, 15) is 4.79 Å². The van der Waals surface area contributed by atoms with Gasteiger partial charge in [-0.15, -0.1) is 0 Å². The van der Waals surface area contributed by atoms with Crippen molar-refractivity contribution in [3.8, 4) is 17.2 Å². The average molecular weight is 349 g/mol. The standard InChI is InChI=1S/C21H23N3O2/c1-2-24(15-20-5-3-4-12-26-20)21(25)17-8-6-16(7-9-17)18-10-11-19(13-22)23-14-18/h6-11,14,20H,2-5,12,15H2,1H3/t20-/m1/s1. The second-order valence-corrected chi connectivity index (χ2v) is 6.45. The van der Waals surface area contributed by atoms with Crippen molar-refractivity contribution < 1.29 is 9.53 Å². The van der Waals surface area contributed by atoms with E-state index >= 15 is 0 Å². The number of aromatic nitrogens is 1. The molecule has 3 rings (SSSR count). The molecule has 1 amide bonds. The molecular formula is C21H23N3O2. The van der Waals surface area contributed by atoms with Crippen molar-refractivity contribution >= 4 is 5.91 Å². The van der Waals surface area contributed by atoms with Crippen molar-refractivity contribution in [2.75, 3.05) is 19.7 Å². The fraction of sp³-hybridized carbons (Fsp3) is 0.381. The van der Waals surface area contributed by atoms with E-state index < -0.39 is 0 Å². The third kappa shape index (κ3) is 4.27. The summed E-state index contributed by atoms with van der Waals surface area (Å²) < 4.78 is 5.77. The van der Waals surface area contributed by atoms with Gasteiger partial charge < -0.3 is 9.64 Å². The van der Waals surface area contributed by atoms with Gasteiger partial charge in [-0.05, 0) is 56.0 Å². The first-order valence-electron chi connectivity index (χ1n) is 9.08. The summed E-state index contributed by atoms with van der Waals surface area (Å²) in [4.78, 5) is 18.7. The summed E-state index contributed by atoms with van der Waals surface area (Å²) >= 11 is 0. The number of rotatable bonds is 5. The smallest absolute Gasteiger partial charge is 0.253 e. The average Bonchev–Trinajstić information content (AvgIpc) is 2.72. The van der Waals surface area contributed by atoms with Gasteiger partial charge in [0.1, 0.15) is 11.8 Å². The lowest BCUT2D eigenvalue weighted by molar-refractivity contribution is -0.00311. The first-order chi connectivity index (χ1) is 12.7. The molecule has 1 aromatic heterocycles. The van der Waals surface area contributed by atoms with Crippen molar-refractivity contribution in [3.05, 3.63) is 53.9 Å². The van der Waals surface area contributed by atoms with Crippen LogP contribution < -0.4 is 0 Å². The Labute approximate surface area is 154 Å². The fourth-order valence-corrected chi connectivity index (χ4v) is 3.17. The molecule has 0 spiro atoms. The first kappa shape index (κ1) is 18.1. The molecule has 0 bridgehead atoms. The Morgan fingerprint density at radius 3 is 2.58 bits per heavy atom. The van der Waals surface area contributed by atoms with Crippen LogP contribution in [0, 0.1) is 11.3 Å². The van der Waals surface area contributed by atoms with E-state index in [1.54, 1.807) is 12.3 Å². The molecule has 0 saturated carbocycles. The van der Waals surface area contributed by atoms with Crippen LogP contribution in [0.15, 0.2) is 42.6 Å². The molecule has 0 unspecified atom stereocenters. The number of carbonyl (C=O) groups excluding carboxylic acids is 1. The van der Waals surface area contributed by atoms with Gasteiger partial charge in [0, 0.05) is 37.0 Å². The van der Waals surface area contributed by atoms with Gasteiger partial charge in [0.05, 0.1) is 6.10 Å². The maximum atomic E-state index is 12.8. The Morgan fingerprint density at radius 2 is 2.00 bits per heavy atom. The molecule has 1 aliphatic heterocycles. The largest absolute Gasteiger partial charge is 0.376 e. The number of pyridine rings is 1. The van der Waals surface area contributed by atoms with E-state index in [4.69, 9.17) is 10.00 Å². The van der Waals surface area contributed by atoms with Gasteiger partial charge in [-0.1, -0.05) is 12.1 Å². The quantitative estimate of drug-likeness (QED) is 0.826. The number of hydrogen-bond donors (Lipinski definition) is 0. The van der Waals surface area contributed by atoms with E-state index in [1.165, 1.54) is 6.42 Å². The predicted molar refractivity (Wildman–Crippen MR) is 99.6 cm³/mol. The molecule has 5 nitrogen and oxygen atoms in total. The zero-order valence-electron chi connectivity index (χ0n) is 15.0. The number of carbonyl (C=O) groups is 1. The minimum atomic E-state index is 0.0335. The maximum Gasteiger partial charge on any atom is 0.253 e. The van der Waals surface area contributed by atoms with E-state index in [2.05, 4.69) is 4.98 Å². The number of amides is 1. The van der Waals surface area contributed by atoms with Crippen molar-refractivity contribution in [2.45, 2.75) is 32.3 Å². The van der Waals surface area contributed by atoms with Crippen LogP contribution in [0.3, 0.4) is 0 Å². The van der Waals surface area contributed by atoms with Crippen LogP contribution >= 0.6 is 0 Å². The first-order valence-corrected chi connectivity index (χ1v) is 9.08. The minimum Gasteiger partial charge on any atom is -0.376 e. The molecule has 1 aliphatic rings. The second kappa shape index (κ2) is 8.59. The Bertz CT molecular complexity index is 772. The molecule has 1 fully saturated rings. The lowest BCUT2D eigenvalue weighted by Crippen LogP contribution is -2.39. The summed E-state index contributed by atoms with van der Waals surface area (Å²) in [6.07, 6.45) is 5.13. The zero-order chi connectivity index (χ0) is 18.4. The van der Waals surface area contributed by atoms with Gasteiger partial charge in [-0.3, -0.25) is 4.79 Å². The number of likely N-dealkylation sites (N-methyl/N-ethyl adjacent to an activating group) is 1. The number of benzene rings is 1. The molecule has 2 aromatic rings. The van der Waals surface area contributed by atoms with Gasteiger partial charge in [0.25, 0.3) is 5.91 Å². The van der Waals surface area contributed by atoms with Gasteiger partial charge in [-0.2, -0.15) is 5.26 Å². The lowest BCUT2D eigenvalue weighted by atomic mass is 10.0. The highest BCUT2D eigenvalue weighted by atomic mass is 16.5. The zero-order valence-corrected chi connectivity index (χ0v) is 15.0. The highest BCUT2D eigenvalue weighted by Crippen LogP contribution is 2.20. The van der Waals surface area contributed by atoms with Crippen molar-refractivity contribution in [3.63, 3.8) is 0 Å².